The van der Waals surface area contributed by atoms with Crippen molar-refractivity contribution in [2.45, 2.75) is 12.5 Å². The Kier molecular flexibility index (Phi) is 4.96. The maximum atomic E-state index is 12.4. The van der Waals surface area contributed by atoms with Gasteiger partial charge in [-0.05, 0) is 42.8 Å². The van der Waals surface area contributed by atoms with Gasteiger partial charge in [-0.25, -0.2) is 4.98 Å². The third-order valence-corrected chi connectivity index (χ3v) is 4.18. The molecule has 0 aliphatic carbocycles. The van der Waals surface area contributed by atoms with Crippen LogP contribution >= 0.6 is 0 Å². The molecular formula is C18H21N3O3. The van der Waals surface area contributed by atoms with Gasteiger partial charge in [-0.1, -0.05) is 0 Å². The van der Waals surface area contributed by atoms with Gasteiger partial charge in [-0.15, -0.1) is 0 Å². The van der Waals surface area contributed by atoms with E-state index in [4.69, 9.17) is 9.47 Å². The van der Waals surface area contributed by atoms with Crippen molar-refractivity contribution in [3.63, 3.8) is 0 Å². The number of hydrogen-bond donors (Lipinski definition) is 1. The van der Waals surface area contributed by atoms with E-state index in [1.54, 1.807) is 25.4 Å². The summed E-state index contributed by atoms with van der Waals surface area (Å²) in [6, 6.07) is 11.2. The SMILES string of the molecule is COc1ncccc1C(=O)Nc1ccc(N2CCC(OC)C2)cc1. The maximum absolute atomic E-state index is 12.4. The van der Waals surface area contributed by atoms with Crippen LogP contribution < -0.4 is 15.0 Å². The molecule has 1 aromatic heterocycles. The molecule has 1 amide bonds. The number of methoxy groups -OCH3 is 2. The predicted molar refractivity (Wildman–Crippen MR) is 92.8 cm³/mol. The van der Waals surface area contributed by atoms with Crippen molar-refractivity contribution >= 4 is 17.3 Å². The second-order valence-electron chi connectivity index (χ2n) is 5.65. The van der Waals surface area contributed by atoms with Crippen LogP contribution in [0.25, 0.3) is 0 Å². The number of aromatic nitrogens is 1. The van der Waals surface area contributed by atoms with E-state index in [1.165, 1.54) is 7.11 Å². The minimum absolute atomic E-state index is 0.242. The van der Waals surface area contributed by atoms with Crippen molar-refractivity contribution in [2.24, 2.45) is 0 Å². The molecule has 1 aromatic carbocycles. The van der Waals surface area contributed by atoms with Crippen LogP contribution in [0, 0.1) is 0 Å². The molecule has 0 spiro atoms. The van der Waals surface area contributed by atoms with Crippen molar-refractivity contribution in [1.29, 1.82) is 0 Å². The largest absolute Gasteiger partial charge is 0.480 e. The van der Waals surface area contributed by atoms with Gasteiger partial charge in [0.05, 0.1) is 13.2 Å². The highest BCUT2D eigenvalue weighted by Crippen LogP contribution is 2.24. The highest BCUT2D eigenvalue weighted by atomic mass is 16.5. The fourth-order valence-corrected chi connectivity index (χ4v) is 2.84. The number of hydrogen-bond acceptors (Lipinski definition) is 5. The average Bonchev–Trinajstić information content (AvgIpc) is 3.11. The number of amides is 1. The molecule has 1 aliphatic rings. The van der Waals surface area contributed by atoms with Gasteiger partial charge in [0.15, 0.2) is 0 Å². The van der Waals surface area contributed by atoms with E-state index in [2.05, 4.69) is 15.2 Å². The van der Waals surface area contributed by atoms with Gasteiger partial charge >= 0.3 is 0 Å². The summed E-state index contributed by atoms with van der Waals surface area (Å²) < 4.78 is 10.5. The lowest BCUT2D eigenvalue weighted by Crippen LogP contribution is -2.22. The van der Waals surface area contributed by atoms with Crippen LogP contribution in [0.3, 0.4) is 0 Å². The first kappa shape index (κ1) is 16.3. The van der Waals surface area contributed by atoms with Crippen molar-refractivity contribution in [3.8, 4) is 5.88 Å². The van der Waals surface area contributed by atoms with Gasteiger partial charge in [0, 0.05) is 37.8 Å². The summed E-state index contributed by atoms with van der Waals surface area (Å²) in [5.41, 5.74) is 2.27. The minimum Gasteiger partial charge on any atom is -0.480 e. The fourth-order valence-electron chi connectivity index (χ4n) is 2.84. The molecule has 1 fully saturated rings. The molecule has 2 aromatic rings. The summed E-state index contributed by atoms with van der Waals surface area (Å²) in [4.78, 5) is 18.7. The van der Waals surface area contributed by atoms with Crippen LogP contribution in [0.2, 0.25) is 0 Å². The Bertz CT molecular complexity index is 703. The van der Waals surface area contributed by atoms with Crippen LogP contribution in [0.1, 0.15) is 16.8 Å². The van der Waals surface area contributed by atoms with Crippen LogP contribution in [0.5, 0.6) is 5.88 Å². The fraction of sp³-hybridized carbons (Fsp3) is 0.333. The number of rotatable bonds is 5. The highest BCUT2D eigenvalue weighted by Gasteiger charge is 2.22. The first-order valence-electron chi connectivity index (χ1n) is 7.89. The first-order valence-corrected chi connectivity index (χ1v) is 7.89. The van der Waals surface area contributed by atoms with Gasteiger partial charge in [0.2, 0.25) is 5.88 Å². The molecule has 6 nitrogen and oxygen atoms in total. The summed E-state index contributed by atoms with van der Waals surface area (Å²) in [6.07, 6.45) is 2.92. The lowest BCUT2D eigenvalue weighted by Gasteiger charge is -2.18. The molecule has 0 radical (unpaired) electrons. The molecule has 1 unspecified atom stereocenters. The Morgan fingerprint density at radius 1 is 1.25 bits per heavy atom. The molecule has 6 heteroatoms. The van der Waals surface area contributed by atoms with E-state index in [-0.39, 0.29) is 5.91 Å². The zero-order valence-electron chi connectivity index (χ0n) is 13.9. The summed E-state index contributed by atoms with van der Waals surface area (Å²) in [5, 5.41) is 2.87. The van der Waals surface area contributed by atoms with E-state index in [9.17, 15) is 4.79 Å². The summed E-state index contributed by atoms with van der Waals surface area (Å²) >= 11 is 0. The number of nitrogens with zero attached hydrogens (tertiary/aromatic N) is 2. The van der Waals surface area contributed by atoms with Gasteiger partial charge in [0.1, 0.15) is 5.56 Å². The predicted octanol–water partition coefficient (Wildman–Crippen LogP) is 2.57. The minimum atomic E-state index is -0.242. The molecule has 1 N–H and O–H groups in total. The molecule has 2 heterocycles. The zero-order chi connectivity index (χ0) is 16.9. The number of benzene rings is 1. The molecule has 3 rings (SSSR count). The van der Waals surface area contributed by atoms with Gasteiger partial charge < -0.3 is 19.7 Å². The number of carbonyl (C=O) groups is 1. The number of nitrogens with one attached hydrogen (secondary N) is 1. The second kappa shape index (κ2) is 7.31. The highest BCUT2D eigenvalue weighted by molar-refractivity contribution is 6.05. The lowest BCUT2D eigenvalue weighted by atomic mass is 10.2. The summed E-state index contributed by atoms with van der Waals surface area (Å²) in [5.74, 6) is 0.0719. The Balaban J connectivity index is 1.67. The lowest BCUT2D eigenvalue weighted by molar-refractivity contribution is 0.102. The normalized spacial score (nSPS) is 16.9. The standard InChI is InChI=1S/C18H21N3O3/c1-23-15-9-11-21(12-15)14-7-5-13(6-8-14)20-17(22)16-4-3-10-19-18(16)24-2/h3-8,10,15H,9,11-12H2,1-2H3,(H,20,22). The van der Waals surface area contributed by atoms with Crippen molar-refractivity contribution in [3.05, 3.63) is 48.2 Å². The zero-order valence-corrected chi connectivity index (χ0v) is 13.9. The van der Waals surface area contributed by atoms with Crippen molar-refractivity contribution < 1.29 is 14.3 Å². The topological polar surface area (TPSA) is 63.7 Å². The van der Waals surface area contributed by atoms with Crippen LogP contribution in [-0.4, -0.2) is 44.3 Å². The number of ether oxygens (including phenoxy) is 2. The first-order chi connectivity index (χ1) is 11.7. The van der Waals surface area contributed by atoms with E-state index in [0.29, 0.717) is 17.5 Å². The molecule has 1 atom stereocenters. The molecule has 0 saturated carbocycles. The Hall–Kier alpha value is -2.60. The molecule has 1 saturated heterocycles. The second-order valence-corrected chi connectivity index (χ2v) is 5.65. The van der Waals surface area contributed by atoms with Crippen LogP contribution in [-0.2, 0) is 4.74 Å². The maximum Gasteiger partial charge on any atom is 0.261 e. The average molecular weight is 327 g/mol. The third-order valence-electron chi connectivity index (χ3n) is 4.18. The molecule has 24 heavy (non-hydrogen) atoms. The number of pyridine rings is 1. The third kappa shape index (κ3) is 3.49. The van der Waals surface area contributed by atoms with Crippen LogP contribution in [0.15, 0.2) is 42.6 Å². The van der Waals surface area contributed by atoms with Crippen molar-refractivity contribution in [1.82, 2.24) is 4.98 Å². The monoisotopic (exact) mass is 327 g/mol. The molecule has 0 bridgehead atoms. The quantitative estimate of drug-likeness (QED) is 0.914. The Labute approximate surface area is 141 Å². The van der Waals surface area contributed by atoms with E-state index >= 15 is 0 Å². The van der Waals surface area contributed by atoms with Crippen molar-refractivity contribution in [2.75, 3.05) is 37.5 Å². The Morgan fingerprint density at radius 2 is 2.04 bits per heavy atom. The summed E-state index contributed by atoms with van der Waals surface area (Å²) in [6.45, 7) is 1.88. The smallest absolute Gasteiger partial charge is 0.261 e. The van der Waals surface area contributed by atoms with Crippen LogP contribution in [0.4, 0.5) is 11.4 Å². The number of anilines is 2. The van der Waals surface area contributed by atoms with Gasteiger partial charge in [0.25, 0.3) is 5.91 Å². The van der Waals surface area contributed by atoms with Gasteiger partial charge in [-0.2, -0.15) is 0 Å². The Morgan fingerprint density at radius 3 is 2.71 bits per heavy atom. The summed E-state index contributed by atoms with van der Waals surface area (Å²) in [7, 11) is 3.25. The van der Waals surface area contributed by atoms with Gasteiger partial charge in [-0.3, -0.25) is 4.79 Å². The number of carbonyl (C=O) groups excluding carboxylic acids is 1. The van der Waals surface area contributed by atoms with E-state index in [0.717, 1.165) is 30.9 Å². The molecular weight excluding hydrogens is 306 g/mol. The van der Waals surface area contributed by atoms with E-state index < -0.39 is 0 Å². The molecule has 126 valence electrons. The van der Waals surface area contributed by atoms with E-state index in [1.807, 2.05) is 24.3 Å². The molecule has 1 aliphatic heterocycles.